The second kappa shape index (κ2) is 4.90. The van der Waals surface area contributed by atoms with E-state index in [0.29, 0.717) is 17.2 Å². The Morgan fingerprint density at radius 3 is 2.94 bits per heavy atom. The maximum Gasteiger partial charge on any atom is 0.160 e. The molecule has 0 atom stereocenters. The van der Waals surface area contributed by atoms with Crippen LogP contribution in [0.3, 0.4) is 0 Å². The standard InChI is InChI=1S/C12H9FO2S/c13-10-2-1-3-11(5-10)15-7-9-4-12(6-14)16-8-9/h1-6,8H,7H2. The number of hydrogen-bond donors (Lipinski definition) is 0. The highest BCUT2D eigenvalue weighted by atomic mass is 32.1. The Balaban J connectivity index is 1.99. The van der Waals surface area contributed by atoms with Crippen LogP contribution in [0, 0.1) is 5.82 Å². The second-order valence-corrected chi connectivity index (χ2v) is 4.16. The summed E-state index contributed by atoms with van der Waals surface area (Å²) in [6, 6.07) is 7.73. The fraction of sp³-hybridized carbons (Fsp3) is 0.0833. The fourth-order valence-corrected chi connectivity index (χ4v) is 1.95. The van der Waals surface area contributed by atoms with Crippen molar-refractivity contribution in [3.63, 3.8) is 0 Å². The van der Waals surface area contributed by atoms with E-state index in [1.165, 1.54) is 23.5 Å². The summed E-state index contributed by atoms with van der Waals surface area (Å²) in [6.45, 7) is 0.341. The van der Waals surface area contributed by atoms with Gasteiger partial charge in [-0.15, -0.1) is 11.3 Å². The molecule has 0 aliphatic rings. The maximum absolute atomic E-state index is 12.8. The van der Waals surface area contributed by atoms with Crippen molar-refractivity contribution in [3.05, 3.63) is 52.0 Å². The third-order valence-electron chi connectivity index (χ3n) is 1.99. The van der Waals surface area contributed by atoms with Gasteiger partial charge in [0.05, 0.1) is 4.88 Å². The molecule has 0 amide bonds. The average Bonchev–Trinajstić information content (AvgIpc) is 2.74. The van der Waals surface area contributed by atoms with Gasteiger partial charge in [0.1, 0.15) is 18.2 Å². The van der Waals surface area contributed by atoms with Crippen molar-refractivity contribution in [1.82, 2.24) is 0 Å². The summed E-state index contributed by atoms with van der Waals surface area (Å²) in [5, 5.41) is 1.85. The Labute approximate surface area is 96.3 Å². The lowest BCUT2D eigenvalue weighted by molar-refractivity contribution is 0.112. The van der Waals surface area contributed by atoms with Crippen LogP contribution >= 0.6 is 11.3 Å². The lowest BCUT2D eigenvalue weighted by Crippen LogP contribution is -1.93. The van der Waals surface area contributed by atoms with Crippen molar-refractivity contribution in [3.8, 4) is 5.75 Å². The van der Waals surface area contributed by atoms with E-state index >= 15 is 0 Å². The van der Waals surface area contributed by atoms with Crippen LogP contribution in [0.5, 0.6) is 5.75 Å². The Kier molecular flexibility index (Phi) is 3.31. The summed E-state index contributed by atoms with van der Waals surface area (Å²) in [6.07, 6.45) is 0.802. The molecule has 2 nitrogen and oxygen atoms in total. The maximum atomic E-state index is 12.8. The molecule has 2 aromatic rings. The summed E-state index contributed by atoms with van der Waals surface area (Å²) in [7, 11) is 0. The predicted molar refractivity (Wildman–Crippen MR) is 60.4 cm³/mol. The monoisotopic (exact) mass is 236 g/mol. The first-order valence-electron chi connectivity index (χ1n) is 4.69. The molecule has 16 heavy (non-hydrogen) atoms. The number of aldehydes is 1. The quantitative estimate of drug-likeness (QED) is 0.761. The zero-order chi connectivity index (χ0) is 11.4. The zero-order valence-corrected chi connectivity index (χ0v) is 9.17. The van der Waals surface area contributed by atoms with Crippen molar-refractivity contribution >= 4 is 17.6 Å². The van der Waals surface area contributed by atoms with E-state index in [9.17, 15) is 9.18 Å². The van der Waals surface area contributed by atoms with Gasteiger partial charge in [0.15, 0.2) is 6.29 Å². The molecular formula is C12H9FO2S. The lowest BCUT2D eigenvalue weighted by atomic mass is 10.3. The average molecular weight is 236 g/mol. The molecule has 1 heterocycles. The van der Waals surface area contributed by atoms with Crippen molar-refractivity contribution in [2.45, 2.75) is 6.61 Å². The van der Waals surface area contributed by atoms with Crippen LogP contribution in [0.25, 0.3) is 0 Å². The first kappa shape index (κ1) is 10.8. The number of hydrogen-bond acceptors (Lipinski definition) is 3. The molecule has 0 saturated heterocycles. The molecule has 4 heteroatoms. The van der Waals surface area contributed by atoms with Gasteiger partial charge in [-0.05, 0) is 23.6 Å². The lowest BCUT2D eigenvalue weighted by Gasteiger charge is -2.03. The number of benzene rings is 1. The molecule has 1 aromatic heterocycles. The number of halogens is 1. The van der Waals surface area contributed by atoms with Crippen LogP contribution in [-0.2, 0) is 6.61 Å². The van der Waals surface area contributed by atoms with E-state index in [1.807, 2.05) is 5.38 Å². The topological polar surface area (TPSA) is 26.3 Å². The number of rotatable bonds is 4. The minimum atomic E-state index is -0.323. The molecule has 0 saturated carbocycles. The zero-order valence-electron chi connectivity index (χ0n) is 8.35. The first-order valence-corrected chi connectivity index (χ1v) is 5.57. The Morgan fingerprint density at radius 1 is 1.38 bits per heavy atom. The number of carbonyl (C=O) groups excluding carboxylic acids is 1. The fourth-order valence-electron chi connectivity index (χ4n) is 1.26. The molecule has 0 radical (unpaired) electrons. The van der Waals surface area contributed by atoms with Gasteiger partial charge in [-0.1, -0.05) is 6.07 Å². The predicted octanol–water partition coefficient (Wildman–Crippen LogP) is 3.28. The van der Waals surface area contributed by atoms with E-state index in [0.717, 1.165) is 11.8 Å². The number of ether oxygens (including phenoxy) is 1. The first-order chi connectivity index (χ1) is 7.78. The molecule has 0 unspecified atom stereocenters. The highest BCUT2D eigenvalue weighted by Crippen LogP contribution is 2.17. The summed E-state index contributed by atoms with van der Waals surface area (Å²) < 4.78 is 18.2. The number of carbonyl (C=O) groups is 1. The molecule has 82 valence electrons. The van der Waals surface area contributed by atoms with Crippen molar-refractivity contribution in [2.24, 2.45) is 0 Å². The third kappa shape index (κ3) is 2.67. The van der Waals surface area contributed by atoms with Gasteiger partial charge in [0.25, 0.3) is 0 Å². The normalized spacial score (nSPS) is 10.1. The van der Waals surface area contributed by atoms with Crippen molar-refractivity contribution < 1.29 is 13.9 Å². The van der Waals surface area contributed by atoms with Gasteiger partial charge in [-0.3, -0.25) is 4.79 Å². The highest BCUT2D eigenvalue weighted by Gasteiger charge is 2.00. The van der Waals surface area contributed by atoms with E-state index < -0.39 is 0 Å². The molecule has 0 spiro atoms. The Hall–Kier alpha value is -1.68. The molecule has 0 bridgehead atoms. The van der Waals surface area contributed by atoms with E-state index in [4.69, 9.17) is 4.74 Å². The van der Waals surface area contributed by atoms with Crippen molar-refractivity contribution in [2.75, 3.05) is 0 Å². The Morgan fingerprint density at radius 2 is 2.25 bits per heavy atom. The van der Waals surface area contributed by atoms with Gasteiger partial charge < -0.3 is 4.74 Å². The van der Waals surface area contributed by atoms with Gasteiger partial charge >= 0.3 is 0 Å². The Bertz CT molecular complexity index is 493. The van der Waals surface area contributed by atoms with Gasteiger partial charge in [-0.2, -0.15) is 0 Å². The molecule has 0 aliphatic heterocycles. The van der Waals surface area contributed by atoms with Crippen LogP contribution in [-0.4, -0.2) is 6.29 Å². The molecular weight excluding hydrogens is 227 g/mol. The molecule has 1 aromatic carbocycles. The summed E-state index contributed by atoms with van der Waals surface area (Å²) >= 11 is 1.37. The second-order valence-electron chi connectivity index (χ2n) is 3.22. The summed E-state index contributed by atoms with van der Waals surface area (Å²) in [4.78, 5) is 11.1. The smallest absolute Gasteiger partial charge is 0.160 e. The van der Waals surface area contributed by atoms with Crippen LogP contribution in [0.15, 0.2) is 35.7 Å². The van der Waals surface area contributed by atoms with E-state index in [2.05, 4.69) is 0 Å². The molecule has 0 fully saturated rings. The van der Waals surface area contributed by atoms with Crippen LogP contribution in [0.4, 0.5) is 4.39 Å². The number of thiophene rings is 1. The summed E-state index contributed by atoms with van der Waals surface area (Å²) in [5.74, 6) is 0.162. The minimum Gasteiger partial charge on any atom is -0.489 e. The molecule has 2 rings (SSSR count). The van der Waals surface area contributed by atoms with Crippen LogP contribution in [0.1, 0.15) is 15.2 Å². The van der Waals surface area contributed by atoms with Crippen LogP contribution < -0.4 is 4.74 Å². The van der Waals surface area contributed by atoms with Gasteiger partial charge in [-0.25, -0.2) is 4.39 Å². The SMILES string of the molecule is O=Cc1cc(COc2cccc(F)c2)cs1. The molecule has 0 aliphatic carbocycles. The molecule has 0 N–H and O–H groups in total. The van der Waals surface area contributed by atoms with E-state index in [-0.39, 0.29) is 5.82 Å². The van der Waals surface area contributed by atoms with Gasteiger partial charge in [0, 0.05) is 11.6 Å². The largest absolute Gasteiger partial charge is 0.489 e. The van der Waals surface area contributed by atoms with E-state index in [1.54, 1.807) is 18.2 Å². The van der Waals surface area contributed by atoms with Gasteiger partial charge in [0.2, 0.25) is 0 Å². The summed E-state index contributed by atoms with van der Waals surface area (Å²) in [5.41, 5.74) is 0.913. The van der Waals surface area contributed by atoms with Crippen LogP contribution in [0.2, 0.25) is 0 Å². The minimum absolute atomic E-state index is 0.323. The van der Waals surface area contributed by atoms with Crippen molar-refractivity contribution in [1.29, 1.82) is 0 Å². The third-order valence-corrected chi connectivity index (χ3v) is 2.90. The highest BCUT2D eigenvalue weighted by molar-refractivity contribution is 7.11.